The lowest BCUT2D eigenvalue weighted by Crippen LogP contribution is -2.39. The van der Waals surface area contributed by atoms with Gasteiger partial charge in [-0.1, -0.05) is 41.9 Å². The first-order chi connectivity index (χ1) is 12.1. The highest BCUT2D eigenvalue weighted by Gasteiger charge is 2.12. The van der Waals surface area contributed by atoms with Gasteiger partial charge in [0, 0.05) is 25.4 Å². The molecule has 1 N–H and O–H groups in total. The van der Waals surface area contributed by atoms with Gasteiger partial charge in [-0.25, -0.2) is 4.98 Å². The molecule has 1 heterocycles. The summed E-state index contributed by atoms with van der Waals surface area (Å²) in [5.74, 6) is -0.461. The fourth-order valence-electron chi connectivity index (χ4n) is 2.21. The third kappa shape index (κ3) is 6.39. The number of carbonyl (C=O) groups is 2. The van der Waals surface area contributed by atoms with E-state index in [9.17, 15) is 9.59 Å². The van der Waals surface area contributed by atoms with Crippen LogP contribution in [0.4, 0.5) is 0 Å². The van der Waals surface area contributed by atoms with E-state index in [0.717, 1.165) is 11.1 Å². The van der Waals surface area contributed by atoms with Crippen molar-refractivity contribution in [1.82, 2.24) is 15.2 Å². The molecule has 0 bridgehead atoms. The van der Waals surface area contributed by atoms with Gasteiger partial charge in [0.05, 0.1) is 6.54 Å². The number of hydrogen-bond donors (Lipinski definition) is 1. The molecule has 0 aliphatic carbocycles. The number of pyridine rings is 1. The molecule has 1 aromatic heterocycles. The summed E-state index contributed by atoms with van der Waals surface area (Å²) in [6.45, 7) is 2.98. The number of likely N-dealkylation sites (N-methyl/N-ethyl adjacent to an activating group) is 1. The minimum atomic E-state index is -0.336. The van der Waals surface area contributed by atoms with Gasteiger partial charge in [-0.05, 0) is 36.3 Å². The highest BCUT2D eigenvalue weighted by molar-refractivity contribution is 6.29. The summed E-state index contributed by atoms with van der Waals surface area (Å²) in [7, 11) is 0. The Bertz CT molecular complexity index is 747. The molecule has 0 radical (unpaired) electrons. The Morgan fingerprint density at radius 3 is 2.68 bits per heavy atom. The van der Waals surface area contributed by atoms with E-state index < -0.39 is 0 Å². The number of amides is 2. The highest BCUT2D eigenvalue weighted by atomic mass is 35.5. The average Bonchev–Trinajstić information content (AvgIpc) is 2.63. The lowest BCUT2D eigenvalue weighted by molar-refractivity contribution is -0.132. The molecule has 0 aliphatic rings. The molecule has 2 amide bonds. The molecule has 25 heavy (non-hydrogen) atoms. The molecule has 2 rings (SSSR count). The second-order valence-corrected chi connectivity index (χ2v) is 5.74. The molecule has 6 heteroatoms. The van der Waals surface area contributed by atoms with Gasteiger partial charge >= 0.3 is 0 Å². The SMILES string of the molecule is CCN(Cc1ccccc1)C(=O)CNC(=O)C=Cc1ccnc(Cl)c1. The maximum Gasteiger partial charge on any atom is 0.244 e. The number of nitrogens with zero attached hydrogens (tertiary/aromatic N) is 2. The summed E-state index contributed by atoms with van der Waals surface area (Å²) in [6, 6.07) is 13.1. The van der Waals surface area contributed by atoms with Gasteiger partial charge in [0.25, 0.3) is 0 Å². The Kier molecular flexibility index (Phi) is 7.16. The molecule has 0 saturated heterocycles. The van der Waals surface area contributed by atoms with E-state index in [0.29, 0.717) is 18.2 Å². The van der Waals surface area contributed by atoms with Gasteiger partial charge in [-0.3, -0.25) is 9.59 Å². The Morgan fingerprint density at radius 1 is 1.24 bits per heavy atom. The first-order valence-electron chi connectivity index (χ1n) is 7.97. The van der Waals surface area contributed by atoms with Crippen molar-refractivity contribution >= 4 is 29.5 Å². The molecule has 1 aromatic carbocycles. The molecule has 0 spiro atoms. The summed E-state index contributed by atoms with van der Waals surface area (Å²) >= 11 is 5.78. The van der Waals surface area contributed by atoms with Crippen molar-refractivity contribution in [2.75, 3.05) is 13.1 Å². The fourth-order valence-corrected chi connectivity index (χ4v) is 2.39. The zero-order chi connectivity index (χ0) is 18.1. The van der Waals surface area contributed by atoms with Crippen LogP contribution >= 0.6 is 11.6 Å². The van der Waals surface area contributed by atoms with Gasteiger partial charge in [0.15, 0.2) is 0 Å². The molecular weight excluding hydrogens is 338 g/mol. The minimum Gasteiger partial charge on any atom is -0.343 e. The van der Waals surface area contributed by atoms with E-state index in [1.807, 2.05) is 37.3 Å². The molecule has 130 valence electrons. The topological polar surface area (TPSA) is 62.3 Å². The van der Waals surface area contributed by atoms with Crippen molar-refractivity contribution in [3.05, 3.63) is 71.0 Å². The second kappa shape index (κ2) is 9.59. The Morgan fingerprint density at radius 2 is 2.00 bits per heavy atom. The Labute approximate surface area is 152 Å². The standard InChI is InChI=1S/C19H20ClN3O2/c1-2-23(14-16-6-4-3-5-7-16)19(25)13-22-18(24)9-8-15-10-11-21-17(20)12-15/h3-12H,2,13-14H2,1H3,(H,22,24). The Balaban J connectivity index is 1.84. The molecule has 5 nitrogen and oxygen atoms in total. The van der Waals surface area contributed by atoms with Crippen LogP contribution in [0.5, 0.6) is 0 Å². The van der Waals surface area contributed by atoms with E-state index in [1.54, 1.807) is 29.3 Å². The number of halogens is 1. The van der Waals surface area contributed by atoms with Crippen LogP contribution in [0.1, 0.15) is 18.1 Å². The third-order valence-electron chi connectivity index (χ3n) is 3.54. The average molecular weight is 358 g/mol. The summed E-state index contributed by atoms with van der Waals surface area (Å²) in [5.41, 5.74) is 1.82. The van der Waals surface area contributed by atoms with Crippen LogP contribution in [0, 0.1) is 0 Å². The lowest BCUT2D eigenvalue weighted by Gasteiger charge is -2.21. The van der Waals surface area contributed by atoms with Gasteiger partial charge in [0.1, 0.15) is 5.15 Å². The van der Waals surface area contributed by atoms with Crippen molar-refractivity contribution in [2.45, 2.75) is 13.5 Å². The van der Waals surface area contributed by atoms with Gasteiger partial charge in [0.2, 0.25) is 11.8 Å². The Hall–Kier alpha value is -2.66. The van der Waals surface area contributed by atoms with Crippen molar-refractivity contribution in [1.29, 1.82) is 0 Å². The van der Waals surface area contributed by atoms with E-state index in [4.69, 9.17) is 11.6 Å². The third-order valence-corrected chi connectivity index (χ3v) is 3.75. The molecule has 0 saturated carbocycles. The molecule has 0 aliphatic heterocycles. The molecule has 0 atom stereocenters. The molecule has 0 unspecified atom stereocenters. The zero-order valence-electron chi connectivity index (χ0n) is 14.0. The van der Waals surface area contributed by atoms with E-state index in [-0.39, 0.29) is 18.4 Å². The first kappa shape index (κ1) is 18.7. The smallest absolute Gasteiger partial charge is 0.244 e. The van der Waals surface area contributed by atoms with Crippen LogP contribution in [0.15, 0.2) is 54.7 Å². The number of nitrogens with one attached hydrogen (secondary N) is 1. The number of rotatable bonds is 7. The lowest BCUT2D eigenvalue weighted by atomic mass is 10.2. The first-order valence-corrected chi connectivity index (χ1v) is 8.35. The van der Waals surface area contributed by atoms with Crippen molar-refractivity contribution < 1.29 is 9.59 Å². The number of benzene rings is 1. The summed E-state index contributed by atoms with van der Waals surface area (Å²) in [5, 5.41) is 2.96. The van der Waals surface area contributed by atoms with E-state index in [1.165, 1.54) is 6.08 Å². The van der Waals surface area contributed by atoms with Gasteiger partial charge in [-0.15, -0.1) is 0 Å². The van der Waals surface area contributed by atoms with Crippen molar-refractivity contribution in [2.24, 2.45) is 0 Å². The van der Waals surface area contributed by atoms with Crippen LogP contribution in [0.2, 0.25) is 5.15 Å². The quantitative estimate of drug-likeness (QED) is 0.612. The zero-order valence-corrected chi connectivity index (χ0v) is 14.7. The van der Waals surface area contributed by atoms with Crippen molar-refractivity contribution in [3.8, 4) is 0 Å². The monoisotopic (exact) mass is 357 g/mol. The van der Waals surface area contributed by atoms with Crippen LogP contribution < -0.4 is 5.32 Å². The van der Waals surface area contributed by atoms with Gasteiger partial charge < -0.3 is 10.2 Å². The summed E-state index contributed by atoms with van der Waals surface area (Å²) in [4.78, 5) is 29.7. The summed E-state index contributed by atoms with van der Waals surface area (Å²) < 4.78 is 0. The molecule has 2 aromatic rings. The predicted molar refractivity (Wildman–Crippen MR) is 98.8 cm³/mol. The van der Waals surface area contributed by atoms with Crippen LogP contribution in [-0.2, 0) is 16.1 Å². The number of carbonyl (C=O) groups excluding carboxylic acids is 2. The maximum absolute atomic E-state index is 12.3. The fraction of sp³-hybridized carbons (Fsp3) is 0.211. The van der Waals surface area contributed by atoms with Crippen LogP contribution in [-0.4, -0.2) is 34.8 Å². The van der Waals surface area contributed by atoms with E-state index >= 15 is 0 Å². The normalized spacial score (nSPS) is 10.6. The van der Waals surface area contributed by atoms with Gasteiger partial charge in [-0.2, -0.15) is 0 Å². The largest absolute Gasteiger partial charge is 0.343 e. The number of hydrogen-bond acceptors (Lipinski definition) is 3. The second-order valence-electron chi connectivity index (χ2n) is 5.36. The predicted octanol–water partition coefficient (Wildman–Crippen LogP) is 2.91. The minimum absolute atomic E-state index is 0.0407. The number of aromatic nitrogens is 1. The van der Waals surface area contributed by atoms with Crippen molar-refractivity contribution in [3.63, 3.8) is 0 Å². The highest BCUT2D eigenvalue weighted by Crippen LogP contribution is 2.08. The van der Waals surface area contributed by atoms with Crippen LogP contribution in [0.25, 0.3) is 6.08 Å². The molecular formula is C19H20ClN3O2. The van der Waals surface area contributed by atoms with E-state index in [2.05, 4.69) is 10.3 Å². The summed E-state index contributed by atoms with van der Waals surface area (Å²) in [6.07, 6.45) is 4.55. The molecule has 0 fully saturated rings. The van der Waals surface area contributed by atoms with Crippen LogP contribution in [0.3, 0.4) is 0 Å². The maximum atomic E-state index is 12.3.